The molecule has 0 spiro atoms. The number of aromatic nitrogens is 1. The summed E-state index contributed by atoms with van der Waals surface area (Å²) in [4.78, 5) is 0. The Labute approximate surface area is 122 Å². The summed E-state index contributed by atoms with van der Waals surface area (Å²) < 4.78 is 2.24. The van der Waals surface area contributed by atoms with Crippen LogP contribution in [0.2, 0.25) is 0 Å². The molecule has 2 aromatic rings. The molecule has 0 saturated heterocycles. The van der Waals surface area contributed by atoms with E-state index in [1.54, 1.807) is 0 Å². The third-order valence-electron chi connectivity index (χ3n) is 4.90. The summed E-state index contributed by atoms with van der Waals surface area (Å²) in [5, 5.41) is 5.21. The number of nitrogens with zero attached hydrogens (tertiary/aromatic N) is 1. The molecule has 1 aromatic heterocycles. The molecule has 2 nitrogen and oxygen atoms in total. The van der Waals surface area contributed by atoms with Crippen molar-refractivity contribution < 1.29 is 0 Å². The maximum Gasteiger partial charge on any atom is 0.0481 e. The van der Waals surface area contributed by atoms with E-state index in [0.717, 1.165) is 12.5 Å². The van der Waals surface area contributed by atoms with Crippen molar-refractivity contribution in [3.05, 3.63) is 36.0 Å². The molecule has 1 fully saturated rings. The lowest BCUT2D eigenvalue weighted by Gasteiger charge is -2.22. The molecular weight excluding hydrogens is 244 g/mol. The van der Waals surface area contributed by atoms with Crippen LogP contribution in [0.25, 0.3) is 10.9 Å². The van der Waals surface area contributed by atoms with Gasteiger partial charge in [-0.25, -0.2) is 0 Å². The van der Waals surface area contributed by atoms with E-state index in [-0.39, 0.29) is 0 Å². The number of aryl methyl sites for hydroxylation is 1. The van der Waals surface area contributed by atoms with Gasteiger partial charge in [0.1, 0.15) is 0 Å². The second-order valence-corrected chi connectivity index (χ2v) is 6.39. The third kappa shape index (κ3) is 2.76. The van der Waals surface area contributed by atoms with E-state index < -0.39 is 0 Å². The van der Waals surface area contributed by atoms with Crippen molar-refractivity contribution in [1.82, 2.24) is 9.88 Å². The molecule has 2 heteroatoms. The first-order chi connectivity index (χ1) is 9.75. The van der Waals surface area contributed by atoms with Gasteiger partial charge in [0, 0.05) is 36.7 Å². The van der Waals surface area contributed by atoms with Crippen LogP contribution in [0.15, 0.2) is 30.5 Å². The minimum Gasteiger partial charge on any atom is -0.350 e. The highest BCUT2D eigenvalue weighted by Gasteiger charge is 2.19. The van der Waals surface area contributed by atoms with Gasteiger partial charge < -0.3 is 9.88 Å². The molecule has 1 heterocycles. The molecule has 0 radical (unpaired) electrons. The molecule has 0 amide bonds. The largest absolute Gasteiger partial charge is 0.350 e. The van der Waals surface area contributed by atoms with Crippen molar-refractivity contribution in [3.8, 4) is 0 Å². The topological polar surface area (TPSA) is 17.0 Å². The summed E-state index contributed by atoms with van der Waals surface area (Å²) in [5.41, 5.74) is 2.76. The smallest absolute Gasteiger partial charge is 0.0481 e. The van der Waals surface area contributed by atoms with Gasteiger partial charge in [-0.2, -0.15) is 0 Å². The van der Waals surface area contributed by atoms with Gasteiger partial charge in [0.15, 0.2) is 0 Å². The molecule has 20 heavy (non-hydrogen) atoms. The Morgan fingerprint density at radius 2 is 1.95 bits per heavy atom. The van der Waals surface area contributed by atoms with Crippen LogP contribution in [0.4, 0.5) is 0 Å². The van der Waals surface area contributed by atoms with Gasteiger partial charge in [0.2, 0.25) is 0 Å². The lowest BCUT2D eigenvalue weighted by atomic mass is 9.97. The van der Waals surface area contributed by atoms with E-state index >= 15 is 0 Å². The van der Waals surface area contributed by atoms with Crippen molar-refractivity contribution >= 4 is 10.9 Å². The minimum absolute atomic E-state index is 0.691. The minimum atomic E-state index is 0.691. The molecule has 2 atom stereocenters. The van der Waals surface area contributed by atoms with Crippen LogP contribution < -0.4 is 5.32 Å². The molecule has 1 aliphatic carbocycles. The Hall–Kier alpha value is -1.28. The van der Waals surface area contributed by atoms with E-state index in [1.165, 1.54) is 48.6 Å². The number of nitrogens with one attached hydrogen (secondary N) is 1. The number of para-hydroxylation sites is 1. The number of rotatable bonds is 3. The van der Waals surface area contributed by atoms with Gasteiger partial charge in [-0.05, 0) is 30.4 Å². The first-order valence-corrected chi connectivity index (χ1v) is 8.02. The second-order valence-electron chi connectivity index (χ2n) is 6.39. The Morgan fingerprint density at radius 1 is 1.15 bits per heavy atom. The summed E-state index contributed by atoms with van der Waals surface area (Å²) in [6.45, 7) is 3.41. The summed E-state index contributed by atoms with van der Waals surface area (Å²) in [6, 6.07) is 9.39. The molecule has 0 bridgehead atoms. The molecular formula is C18H26N2. The molecule has 1 aromatic carbocycles. The van der Waals surface area contributed by atoms with Gasteiger partial charge in [0.05, 0.1) is 0 Å². The second kappa shape index (κ2) is 6.01. The summed E-state index contributed by atoms with van der Waals surface area (Å²) in [6.07, 6.45) is 9.21. The van der Waals surface area contributed by atoms with Crippen molar-refractivity contribution in [1.29, 1.82) is 0 Å². The summed E-state index contributed by atoms with van der Waals surface area (Å²) >= 11 is 0. The Bertz CT molecular complexity index is 570. The van der Waals surface area contributed by atoms with Gasteiger partial charge in [-0.1, -0.05) is 44.4 Å². The van der Waals surface area contributed by atoms with Gasteiger partial charge in [0.25, 0.3) is 0 Å². The van der Waals surface area contributed by atoms with Crippen LogP contribution >= 0.6 is 0 Å². The SMILES string of the molecule is CC1CCCCCC1NCc1cn(C)c2ccccc12. The maximum absolute atomic E-state index is 3.82. The molecule has 108 valence electrons. The quantitative estimate of drug-likeness (QED) is 0.826. The number of hydrogen-bond acceptors (Lipinski definition) is 1. The molecule has 1 aliphatic rings. The summed E-state index contributed by atoms with van der Waals surface area (Å²) in [7, 11) is 2.14. The average molecular weight is 270 g/mol. The summed E-state index contributed by atoms with van der Waals surface area (Å²) in [5.74, 6) is 0.812. The van der Waals surface area contributed by atoms with Crippen molar-refractivity contribution in [3.63, 3.8) is 0 Å². The van der Waals surface area contributed by atoms with Crippen LogP contribution in [-0.4, -0.2) is 10.6 Å². The van der Waals surface area contributed by atoms with Crippen LogP contribution in [0.5, 0.6) is 0 Å². The van der Waals surface area contributed by atoms with E-state index in [1.807, 2.05) is 0 Å². The van der Waals surface area contributed by atoms with Gasteiger partial charge in [-0.15, -0.1) is 0 Å². The number of benzene rings is 1. The van der Waals surface area contributed by atoms with Crippen molar-refractivity contribution in [2.75, 3.05) is 0 Å². The zero-order valence-corrected chi connectivity index (χ0v) is 12.7. The van der Waals surface area contributed by atoms with Crippen LogP contribution in [0.1, 0.15) is 44.6 Å². The zero-order chi connectivity index (χ0) is 13.9. The highest BCUT2D eigenvalue weighted by Crippen LogP contribution is 2.24. The lowest BCUT2D eigenvalue weighted by molar-refractivity contribution is 0.356. The van der Waals surface area contributed by atoms with E-state index in [9.17, 15) is 0 Å². The monoisotopic (exact) mass is 270 g/mol. The maximum atomic E-state index is 3.82. The molecule has 2 unspecified atom stereocenters. The molecule has 3 rings (SSSR count). The Balaban J connectivity index is 1.73. The van der Waals surface area contributed by atoms with Crippen molar-refractivity contribution in [2.24, 2.45) is 13.0 Å². The fraction of sp³-hybridized carbons (Fsp3) is 0.556. The van der Waals surface area contributed by atoms with E-state index in [4.69, 9.17) is 0 Å². The van der Waals surface area contributed by atoms with E-state index in [0.29, 0.717) is 6.04 Å². The zero-order valence-electron chi connectivity index (χ0n) is 12.7. The molecule has 1 saturated carbocycles. The van der Waals surface area contributed by atoms with Crippen LogP contribution in [-0.2, 0) is 13.6 Å². The van der Waals surface area contributed by atoms with Gasteiger partial charge in [-0.3, -0.25) is 0 Å². The average Bonchev–Trinajstić information content (AvgIpc) is 2.64. The van der Waals surface area contributed by atoms with Crippen LogP contribution in [0.3, 0.4) is 0 Å². The first kappa shape index (κ1) is 13.7. The highest BCUT2D eigenvalue weighted by atomic mass is 14.9. The Morgan fingerprint density at radius 3 is 2.85 bits per heavy atom. The first-order valence-electron chi connectivity index (χ1n) is 8.02. The fourth-order valence-electron chi connectivity index (χ4n) is 3.60. The predicted octanol–water partition coefficient (Wildman–Crippen LogP) is 4.24. The number of fused-ring (bicyclic) bond motifs is 1. The predicted molar refractivity (Wildman–Crippen MR) is 85.8 cm³/mol. The number of hydrogen-bond donors (Lipinski definition) is 1. The molecule has 0 aliphatic heterocycles. The Kier molecular flexibility index (Phi) is 4.11. The van der Waals surface area contributed by atoms with Crippen LogP contribution in [0, 0.1) is 5.92 Å². The van der Waals surface area contributed by atoms with Crippen molar-refractivity contribution in [2.45, 2.75) is 51.6 Å². The van der Waals surface area contributed by atoms with E-state index in [2.05, 4.69) is 54.3 Å². The standard InChI is InChI=1S/C18H26N2/c1-14-8-4-3-5-10-17(14)19-12-15-13-20(2)18-11-7-6-9-16(15)18/h6-7,9,11,13-14,17,19H,3-5,8,10,12H2,1-2H3. The normalized spacial score (nSPS) is 23.9. The molecule has 1 N–H and O–H groups in total. The van der Waals surface area contributed by atoms with Gasteiger partial charge >= 0.3 is 0 Å². The fourth-order valence-corrected chi connectivity index (χ4v) is 3.60. The highest BCUT2D eigenvalue weighted by molar-refractivity contribution is 5.83. The lowest BCUT2D eigenvalue weighted by Crippen LogP contribution is -2.33. The third-order valence-corrected chi connectivity index (χ3v) is 4.90.